The molecule has 2 aliphatic rings. The molecule has 1 aliphatic heterocycles. The van der Waals surface area contributed by atoms with Crippen LogP contribution in [0.3, 0.4) is 0 Å². The van der Waals surface area contributed by atoms with Crippen LogP contribution in [0.25, 0.3) is 11.0 Å². The highest BCUT2D eigenvalue weighted by molar-refractivity contribution is 5.82. The van der Waals surface area contributed by atoms with E-state index in [9.17, 15) is 9.59 Å². The van der Waals surface area contributed by atoms with Crippen molar-refractivity contribution in [1.82, 2.24) is 19.8 Å². The normalized spacial score (nSPS) is 17.2. The van der Waals surface area contributed by atoms with E-state index in [-0.39, 0.29) is 17.7 Å². The number of para-hydroxylation sites is 2. The molecule has 1 N–H and O–H groups in total. The Morgan fingerprint density at radius 3 is 2.68 bits per heavy atom. The Bertz CT molecular complexity index is 788. The molecular weight excluding hydrogens is 316 g/mol. The van der Waals surface area contributed by atoms with Gasteiger partial charge in [-0.15, -0.1) is 0 Å². The van der Waals surface area contributed by atoms with Gasteiger partial charge >= 0.3 is 0 Å². The standard InChI is InChI=1S/C19H24N4O2/c24-18(22-11-3-4-12-22)13-23-16-6-2-1-5-15(16)21-17(23)9-10-20-19(25)14-7-8-14/h1-2,5-6,14H,3-4,7-13H2,(H,20,25). The molecule has 1 saturated heterocycles. The van der Waals surface area contributed by atoms with Gasteiger partial charge in [0.05, 0.1) is 11.0 Å². The largest absolute Gasteiger partial charge is 0.355 e. The van der Waals surface area contributed by atoms with E-state index in [4.69, 9.17) is 4.98 Å². The van der Waals surface area contributed by atoms with Crippen LogP contribution in [0, 0.1) is 5.92 Å². The molecule has 1 aliphatic carbocycles. The highest BCUT2D eigenvalue weighted by atomic mass is 16.2. The number of hydrogen-bond donors (Lipinski definition) is 1. The van der Waals surface area contributed by atoms with Gasteiger partial charge in [-0.1, -0.05) is 12.1 Å². The maximum atomic E-state index is 12.6. The lowest BCUT2D eigenvalue weighted by Crippen LogP contribution is -2.32. The third-order valence-corrected chi connectivity index (χ3v) is 5.08. The fourth-order valence-electron chi connectivity index (χ4n) is 3.48. The maximum absolute atomic E-state index is 12.6. The Labute approximate surface area is 147 Å². The molecule has 2 aromatic rings. The minimum absolute atomic E-state index is 0.149. The van der Waals surface area contributed by atoms with E-state index < -0.39 is 0 Å². The molecule has 0 spiro atoms. The Morgan fingerprint density at radius 2 is 1.92 bits per heavy atom. The molecule has 1 aromatic heterocycles. The molecule has 25 heavy (non-hydrogen) atoms. The summed E-state index contributed by atoms with van der Waals surface area (Å²) in [6.07, 6.45) is 4.84. The number of nitrogens with one attached hydrogen (secondary N) is 1. The fraction of sp³-hybridized carbons (Fsp3) is 0.526. The zero-order valence-electron chi connectivity index (χ0n) is 14.4. The lowest BCUT2D eigenvalue weighted by atomic mass is 10.3. The van der Waals surface area contributed by atoms with Gasteiger partial charge in [0, 0.05) is 32.0 Å². The van der Waals surface area contributed by atoms with Crippen molar-refractivity contribution in [2.75, 3.05) is 19.6 Å². The Kier molecular flexibility index (Phi) is 4.42. The third-order valence-electron chi connectivity index (χ3n) is 5.08. The molecule has 1 saturated carbocycles. The zero-order valence-corrected chi connectivity index (χ0v) is 14.4. The van der Waals surface area contributed by atoms with Crippen LogP contribution in [0.2, 0.25) is 0 Å². The van der Waals surface area contributed by atoms with Crippen LogP contribution >= 0.6 is 0 Å². The molecular formula is C19H24N4O2. The molecule has 2 fully saturated rings. The van der Waals surface area contributed by atoms with Gasteiger partial charge < -0.3 is 14.8 Å². The maximum Gasteiger partial charge on any atom is 0.242 e. The quantitative estimate of drug-likeness (QED) is 0.871. The average molecular weight is 340 g/mol. The molecule has 0 unspecified atom stereocenters. The van der Waals surface area contributed by atoms with Gasteiger partial charge in [-0.2, -0.15) is 0 Å². The summed E-state index contributed by atoms with van der Waals surface area (Å²) in [5, 5.41) is 2.99. The molecule has 0 bridgehead atoms. The predicted octanol–water partition coefficient (Wildman–Crippen LogP) is 1.73. The first-order chi connectivity index (χ1) is 12.2. The summed E-state index contributed by atoms with van der Waals surface area (Å²) in [4.78, 5) is 31.0. The van der Waals surface area contributed by atoms with Gasteiger partial charge in [-0.05, 0) is 37.8 Å². The number of fused-ring (bicyclic) bond motifs is 1. The first-order valence-corrected chi connectivity index (χ1v) is 9.22. The van der Waals surface area contributed by atoms with Gasteiger partial charge in [-0.25, -0.2) is 4.98 Å². The Morgan fingerprint density at radius 1 is 1.16 bits per heavy atom. The first kappa shape index (κ1) is 16.1. The van der Waals surface area contributed by atoms with E-state index in [0.29, 0.717) is 19.5 Å². The summed E-state index contributed by atoms with van der Waals surface area (Å²) >= 11 is 0. The van der Waals surface area contributed by atoms with E-state index in [2.05, 4.69) is 5.32 Å². The van der Waals surface area contributed by atoms with Crippen LogP contribution in [0.1, 0.15) is 31.5 Å². The first-order valence-electron chi connectivity index (χ1n) is 9.22. The van der Waals surface area contributed by atoms with Gasteiger partial charge in [0.1, 0.15) is 12.4 Å². The van der Waals surface area contributed by atoms with E-state index in [1.165, 1.54) is 0 Å². The van der Waals surface area contributed by atoms with Crippen LogP contribution in [-0.2, 0) is 22.6 Å². The Balaban J connectivity index is 1.50. The number of nitrogens with zero attached hydrogens (tertiary/aromatic N) is 3. The summed E-state index contributed by atoms with van der Waals surface area (Å²) in [5.41, 5.74) is 1.89. The second-order valence-electron chi connectivity index (χ2n) is 7.01. The molecule has 1 aromatic carbocycles. The monoisotopic (exact) mass is 340 g/mol. The zero-order chi connectivity index (χ0) is 17.2. The number of imidazole rings is 1. The number of benzene rings is 1. The number of carbonyl (C=O) groups excluding carboxylic acids is 2. The lowest BCUT2D eigenvalue weighted by Gasteiger charge is -2.17. The molecule has 0 atom stereocenters. The summed E-state index contributed by atoms with van der Waals surface area (Å²) in [6, 6.07) is 7.91. The van der Waals surface area contributed by atoms with Gasteiger partial charge in [0.2, 0.25) is 11.8 Å². The summed E-state index contributed by atoms with van der Waals surface area (Å²) < 4.78 is 2.01. The smallest absolute Gasteiger partial charge is 0.242 e. The van der Waals surface area contributed by atoms with Crippen molar-refractivity contribution in [3.63, 3.8) is 0 Å². The second-order valence-corrected chi connectivity index (χ2v) is 7.01. The number of rotatable bonds is 6. The minimum Gasteiger partial charge on any atom is -0.355 e. The van der Waals surface area contributed by atoms with Crippen molar-refractivity contribution >= 4 is 22.8 Å². The van der Waals surface area contributed by atoms with Crippen molar-refractivity contribution < 1.29 is 9.59 Å². The fourth-order valence-corrected chi connectivity index (χ4v) is 3.48. The predicted molar refractivity (Wildman–Crippen MR) is 95.0 cm³/mol. The van der Waals surface area contributed by atoms with E-state index >= 15 is 0 Å². The number of aromatic nitrogens is 2. The SMILES string of the molecule is O=C(NCCc1nc2ccccc2n1CC(=O)N1CCCC1)C1CC1. The third kappa shape index (κ3) is 3.52. The molecule has 4 rings (SSSR count). The van der Waals surface area contributed by atoms with Gasteiger partial charge in [0.25, 0.3) is 0 Å². The molecule has 2 amide bonds. The average Bonchev–Trinajstić information content (AvgIpc) is 3.22. The molecule has 6 heteroatoms. The summed E-state index contributed by atoms with van der Waals surface area (Å²) in [5.74, 6) is 1.39. The number of amides is 2. The summed E-state index contributed by atoms with van der Waals surface area (Å²) in [6.45, 7) is 2.61. The number of carbonyl (C=O) groups is 2. The van der Waals surface area contributed by atoms with Crippen LogP contribution in [0.5, 0.6) is 0 Å². The molecule has 132 valence electrons. The van der Waals surface area contributed by atoms with Crippen molar-refractivity contribution in [3.8, 4) is 0 Å². The second kappa shape index (κ2) is 6.86. The highest BCUT2D eigenvalue weighted by Gasteiger charge is 2.29. The van der Waals surface area contributed by atoms with E-state index in [0.717, 1.165) is 55.6 Å². The van der Waals surface area contributed by atoms with Crippen LogP contribution in [0.4, 0.5) is 0 Å². The molecule has 2 heterocycles. The van der Waals surface area contributed by atoms with Crippen LogP contribution in [0.15, 0.2) is 24.3 Å². The van der Waals surface area contributed by atoms with Crippen molar-refractivity contribution in [1.29, 1.82) is 0 Å². The van der Waals surface area contributed by atoms with E-state index in [1.807, 2.05) is 33.7 Å². The minimum atomic E-state index is 0.149. The topological polar surface area (TPSA) is 67.2 Å². The highest BCUT2D eigenvalue weighted by Crippen LogP contribution is 2.28. The van der Waals surface area contributed by atoms with Gasteiger partial charge in [-0.3, -0.25) is 9.59 Å². The lowest BCUT2D eigenvalue weighted by molar-refractivity contribution is -0.130. The molecule has 0 radical (unpaired) electrons. The van der Waals surface area contributed by atoms with Crippen molar-refractivity contribution in [2.24, 2.45) is 5.92 Å². The van der Waals surface area contributed by atoms with E-state index in [1.54, 1.807) is 0 Å². The van der Waals surface area contributed by atoms with Crippen LogP contribution < -0.4 is 5.32 Å². The van der Waals surface area contributed by atoms with Crippen molar-refractivity contribution in [3.05, 3.63) is 30.1 Å². The van der Waals surface area contributed by atoms with Crippen LogP contribution in [-0.4, -0.2) is 45.9 Å². The van der Waals surface area contributed by atoms with Crippen molar-refractivity contribution in [2.45, 2.75) is 38.6 Å². The number of hydrogen-bond acceptors (Lipinski definition) is 3. The summed E-state index contributed by atoms with van der Waals surface area (Å²) in [7, 11) is 0. The molecule has 6 nitrogen and oxygen atoms in total. The van der Waals surface area contributed by atoms with Gasteiger partial charge in [0.15, 0.2) is 0 Å². The Hall–Kier alpha value is -2.37. The number of likely N-dealkylation sites (tertiary alicyclic amines) is 1.